The maximum atomic E-state index is 10.9. The van der Waals surface area contributed by atoms with Crippen LogP contribution in [-0.4, -0.2) is 13.4 Å². The van der Waals surface area contributed by atoms with Crippen molar-refractivity contribution in [3.8, 4) is 16.3 Å². The molecule has 3 rings (SSSR count). The first-order valence-corrected chi connectivity index (χ1v) is 8.04. The van der Waals surface area contributed by atoms with Crippen LogP contribution in [0, 0.1) is 6.92 Å². The second-order valence-electron chi connectivity index (χ2n) is 4.52. The smallest absolute Gasteiger partial charge is 0.299 e. The highest BCUT2D eigenvalue weighted by Crippen LogP contribution is 2.38. The van der Waals surface area contributed by atoms with Gasteiger partial charge in [-0.05, 0) is 42.8 Å². The van der Waals surface area contributed by atoms with Crippen molar-refractivity contribution in [3.63, 3.8) is 0 Å². The van der Waals surface area contributed by atoms with Gasteiger partial charge in [-0.25, -0.2) is 4.98 Å². The van der Waals surface area contributed by atoms with Crippen molar-refractivity contribution in [1.82, 2.24) is 4.98 Å². The van der Waals surface area contributed by atoms with E-state index in [4.69, 9.17) is 9.92 Å². The number of fused-ring (bicyclic) bond motifs is 1. The number of nitrogen functional groups attached to an aromatic ring is 1. The van der Waals surface area contributed by atoms with Gasteiger partial charge in [-0.1, -0.05) is 6.07 Å². The van der Waals surface area contributed by atoms with Gasteiger partial charge in [-0.2, -0.15) is 8.42 Å². The number of rotatable bonds is 3. The molecule has 5 nitrogen and oxygen atoms in total. The average Bonchev–Trinajstić information content (AvgIpc) is 2.87. The summed E-state index contributed by atoms with van der Waals surface area (Å²) in [7, 11) is -2.95. The molecule has 0 aliphatic carbocycles. The number of benzene rings is 2. The molecule has 0 radical (unpaired) electrons. The Morgan fingerprint density at radius 2 is 1.86 bits per heavy atom. The molecule has 0 bridgehead atoms. The number of anilines is 1. The van der Waals surface area contributed by atoms with Crippen LogP contribution in [0.4, 0.5) is 5.69 Å². The van der Waals surface area contributed by atoms with Crippen molar-refractivity contribution in [2.75, 3.05) is 5.73 Å². The summed E-state index contributed by atoms with van der Waals surface area (Å²) < 4.78 is 27.4. The van der Waals surface area contributed by atoms with Crippen LogP contribution in [0.2, 0.25) is 0 Å². The summed E-state index contributed by atoms with van der Waals surface area (Å²) in [5.41, 5.74) is 8.76. The van der Waals surface area contributed by atoms with E-state index in [1.54, 1.807) is 25.1 Å². The van der Waals surface area contributed by atoms with Gasteiger partial charge in [0, 0.05) is 11.3 Å². The van der Waals surface area contributed by atoms with Gasteiger partial charge in [0.2, 0.25) is 0 Å². The molecular formula is C14H12N2O3S2. The van der Waals surface area contributed by atoms with Crippen LogP contribution in [0.5, 0.6) is 5.75 Å². The zero-order chi connectivity index (χ0) is 15.0. The number of aryl methyl sites for hydroxylation is 1. The summed E-state index contributed by atoms with van der Waals surface area (Å²) >= 11 is 1.39. The molecule has 21 heavy (non-hydrogen) atoms. The molecule has 0 saturated heterocycles. The van der Waals surface area contributed by atoms with Crippen molar-refractivity contribution in [1.29, 1.82) is 0 Å². The summed E-state index contributed by atoms with van der Waals surface area (Å²) in [4.78, 5) is 4.52. The van der Waals surface area contributed by atoms with Crippen LogP contribution in [0.1, 0.15) is 5.56 Å². The molecule has 108 valence electrons. The first kappa shape index (κ1) is 13.8. The van der Waals surface area contributed by atoms with E-state index in [9.17, 15) is 8.42 Å². The van der Waals surface area contributed by atoms with E-state index >= 15 is 0 Å². The molecule has 0 amide bonds. The van der Waals surface area contributed by atoms with E-state index in [1.165, 1.54) is 11.3 Å². The monoisotopic (exact) mass is 320 g/mol. The highest BCUT2D eigenvalue weighted by Gasteiger charge is 2.13. The summed E-state index contributed by atoms with van der Waals surface area (Å²) in [6, 6.07) is 11.0. The second kappa shape index (κ2) is 5.34. The molecule has 2 N–H and O–H groups in total. The van der Waals surface area contributed by atoms with E-state index in [2.05, 4.69) is 4.98 Å². The van der Waals surface area contributed by atoms with Crippen molar-refractivity contribution in [2.24, 2.45) is 0 Å². The predicted molar refractivity (Wildman–Crippen MR) is 85.1 cm³/mol. The molecule has 2 aromatic carbocycles. The van der Waals surface area contributed by atoms with Gasteiger partial charge in [0.1, 0.15) is 5.01 Å². The average molecular weight is 320 g/mol. The van der Waals surface area contributed by atoms with Crippen LogP contribution in [0.25, 0.3) is 20.8 Å². The summed E-state index contributed by atoms with van der Waals surface area (Å²) in [6.45, 7) is 1.80. The third-order valence-corrected chi connectivity index (χ3v) is 4.48. The number of nitrogens with two attached hydrogens (primary N) is 1. The Bertz CT molecular complexity index is 875. The first-order valence-electron chi connectivity index (χ1n) is 6.13. The SMILES string of the molecule is Cc1ccc2nc(-c3ccc(N)cc3)sc2c1O[SH](=O)=O. The summed E-state index contributed by atoms with van der Waals surface area (Å²) in [6.07, 6.45) is 0. The van der Waals surface area contributed by atoms with Gasteiger partial charge in [-0.15, -0.1) is 11.3 Å². The van der Waals surface area contributed by atoms with Gasteiger partial charge in [0.25, 0.3) is 11.0 Å². The quantitative estimate of drug-likeness (QED) is 0.573. The maximum Gasteiger partial charge on any atom is 0.299 e. The highest BCUT2D eigenvalue weighted by atomic mass is 32.2. The lowest BCUT2D eigenvalue weighted by Gasteiger charge is -2.02. The van der Waals surface area contributed by atoms with E-state index in [0.29, 0.717) is 17.0 Å². The number of thiol groups is 1. The summed E-state index contributed by atoms with van der Waals surface area (Å²) in [5, 5.41) is 0.793. The topological polar surface area (TPSA) is 82.3 Å². The number of thiazole rings is 1. The Kier molecular flexibility index (Phi) is 3.52. The number of aromatic nitrogens is 1. The lowest BCUT2D eigenvalue weighted by atomic mass is 10.2. The fourth-order valence-electron chi connectivity index (χ4n) is 2.00. The molecule has 7 heteroatoms. The standard InChI is InChI=1S/C14H12N2O3S2/c1-8-2-7-11-13(12(8)19-21(17)18)20-14(16-11)9-3-5-10(15)6-4-9/h2-7,21H,15H2,1H3. The third-order valence-electron chi connectivity index (χ3n) is 3.03. The fraction of sp³-hybridized carbons (Fsp3) is 0.0714. The van der Waals surface area contributed by atoms with Crippen molar-refractivity contribution in [3.05, 3.63) is 42.0 Å². The van der Waals surface area contributed by atoms with Crippen molar-refractivity contribution >= 4 is 38.2 Å². The molecule has 0 aliphatic rings. The largest absolute Gasteiger partial charge is 0.399 e. The Morgan fingerprint density at radius 1 is 1.14 bits per heavy atom. The maximum absolute atomic E-state index is 10.9. The van der Waals surface area contributed by atoms with Gasteiger partial charge >= 0.3 is 0 Å². The normalized spacial score (nSPS) is 11.1. The lowest BCUT2D eigenvalue weighted by Crippen LogP contribution is -1.92. The third kappa shape index (κ3) is 2.70. The minimum atomic E-state index is -2.95. The van der Waals surface area contributed by atoms with Gasteiger partial charge in [0.05, 0.1) is 10.2 Å². The Balaban J connectivity index is 2.17. The molecule has 1 aromatic heterocycles. The van der Waals surface area contributed by atoms with Crippen LogP contribution in [0.3, 0.4) is 0 Å². The minimum Gasteiger partial charge on any atom is -0.399 e. The molecule has 3 aromatic rings. The van der Waals surface area contributed by atoms with Crippen LogP contribution < -0.4 is 9.92 Å². The van der Waals surface area contributed by atoms with Gasteiger partial charge in [-0.3, -0.25) is 0 Å². The van der Waals surface area contributed by atoms with Crippen molar-refractivity contribution < 1.29 is 12.6 Å². The van der Waals surface area contributed by atoms with E-state index in [-0.39, 0.29) is 0 Å². The van der Waals surface area contributed by atoms with E-state index in [1.807, 2.05) is 18.2 Å². The molecule has 1 heterocycles. The predicted octanol–water partition coefficient (Wildman–Crippen LogP) is 2.76. The summed E-state index contributed by atoms with van der Waals surface area (Å²) in [5.74, 6) is 0.350. The zero-order valence-corrected chi connectivity index (χ0v) is 12.8. The number of nitrogens with zero attached hydrogens (tertiary/aromatic N) is 1. The molecule has 0 aliphatic heterocycles. The van der Waals surface area contributed by atoms with E-state index in [0.717, 1.165) is 20.8 Å². The Labute approximate surface area is 127 Å². The van der Waals surface area contributed by atoms with Gasteiger partial charge in [0.15, 0.2) is 5.75 Å². The number of hydrogen-bond acceptors (Lipinski definition) is 6. The van der Waals surface area contributed by atoms with E-state index < -0.39 is 11.0 Å². The molecule has 0 atom stereocenters. The molecular weight excluding hydrogens is 308 g/mol. The minimum absolute atomic E-state index is 0.350. The van der Waals surface area contributed by atoms with Crippen molar-refractivity contribution in [2.45, 2.75) is 6.92 Å². The lowest BCUT2D eigenvalue weighted by molar-refractivity contribution is 0.512. The Morgan fingerprint density at radius 3 is 2.52 bits per heavy atom. The zero-order valence-electron chi connectivity index (χ0n) is 11.1. The van der Waals surface area contributed by atoms with Gasteiger partial charge < -0.3 is 9.92 Å². The molecule has 0 spiro atoms. The first-order chi connectivity index (χ1) is 10.0. The molecule has 0 fully saturated rings. The van der Waals surface area contributed by atoms with Crippen LogP contribution >= 0.6 is 11.3 Å². The second-order valence-corrected chi connectivity index (χ2v) is 6.14. The number of hydrogen-bond donors (Lipinski definition) is 2. The molecule has 0 unspecified atom stereocenters. The Hall–Kier alpha value is -2.12. The fourth-order valence-corrected chi connectivity index (χ4v) is 3.55. The van der Waals surface area contributed by atoms with Crippen LogP contribution in [0.15, 0.2) is 36.4 Å². The molecule has 0 saturated carbocycles. The van der Waals surface area contributed by atoms with Crippen LogP contribution in [-0.2, 0) is 11.0 Å². The highest BCUT2D eigenvalue weighted by molar-refractivity contribution is 7.67.